The van der Waals surface area contributed by atoms with Crippen molar-refractivity contribution in [1.29, 1.82) is 0 Å². The van der Waals surface area contributed by atoms with Gasteiger partial charge < -0.3 is 5.32 Å². The molecular formula is C38H35N. The lowest BCUT2D eigenvalue weighted by Crippen LogP contribution is -2.14. The molecule has 0 spiro atoms. The van der Waals surface area contributed by atoms with Crippen LogP contribution in [0.2, 0.25) is 0 Å². The second kappa shape index (κ2) is 8.58. The summed E-state index contributed by atoms with van der Waals surface area (Å²) in [6.45, 7) is 4.70. The smallest absolute Gasteiger partial charge is 0.0390 e. The highest BCUT2D eigenvalue weighted by Crippen LogP contribution is 2.53. The Balaban J connectivity index is 1.07. The van der Waals surface area contributed by atoms with Gasteiger partial charge in [-0.15, -0.1) is 0 Å². The molecule has 2 saturated carbocycles. The Bertz CT molecular complexity index is 1720. The third-order valence-corrected chi connectivity index (χ3v) is 10.1. The quantitative estimate of drug-likeness (QED) is 0.256. The van der Waals surface area contributed by atoms with Gasteiger partial charge in [-0.25, -0.2) is 0 Å². The third-order valence-electron chi connectivity index (χ3n) is 10.1. The van der Waals surface area contributed by atoms with Gasteiger partial charge in [0.25, 0.3) is 0 Å². The molecule has 1 N–H and O–H groups in total. The molecule has 0 radical (unpaired) electrons. The van der Waals surface area contributed by atoms with E-state index in [1.165, 1.54) is 75.4 Å². The van der Waals surface area contributed by atoms with E-state index in [2.05, 4.69) is 122 Å². The van der Waals surface area contributed by atoms with E-state index in [1.54, 1.807) is 0 Å². The topological polar surface area (TPSA) is 12.0 Å². The first-order valence-corrected chi connectivity index (χ1v) is 14.7. The van der Waals surface area contributed by atoms with Crippen LogP contribution in [0.25, 0.3) is 33.0 Å². The average Bonchev–Trinajstić information content (AvgIpc) is 3.66. The van der Waals surface area contributed by atoms with Gasteiger partial charge in [0.15, 0.2) is 0 Å². The highest BCUT2D eigenvalue weighted by molar-refractivity contribution is 5.91. The first kappa shape index (κ1) is 23.1. The van der Waals surface area contributed by atoms with Crippen LogP contribution in [0.1, 0.15) is 62.1 Å². The fourth-order valence-electron chi connectivity index (χ4n) is 8.02. The van der Waals surface area contributed by atoms with E-state index in [9.17, 15) is 0 Å². The van der Waals surface area contributed by atoms with Crippen LogP contribution >= 0.6 is 0 Å². The number of hydrogen-bond acceptors (Lipinski definition) is 1. The van der Waals surface area contributed by atoms with E-state index in [0.29, 0.717) is 0 Å². The molecule has 5 aromatic carbocycles. The zero-order valence-electron chi connectivity index (χ0n) is 22.9. The highest BCUT2D eigenvalue weighted by Gasteiger charge is 2.40. The molecule has 8 rings (SSSR count). The maximum Gasteiger partial charge on any atom is 0.0390 e. The van der Waals surface area contributed by atoms with E-state index < -0.39 is 0 Å². The molecule has 0 saturated heterocycles. The van der Waals surface area contributed by atoms with Crippen LogP contribution in [-0.2, 0) is 5.41 Å². The molecule has 1 heteroatoms. The van der Waals surface area contributed by atoms with Gasteiger partial charge in [0.2, 0.25) is 0 Å². The van der Waals surface area contributed by atoms with Crippen molar-refractivity contribution in [3.05, 3.63) is 120 Å². The van der Waals surface area contributed by atoms with Crippen LogP contribution in [0.5, 0.6) is 0 Å². The molecule has 0 aliphatic heterocycles. The molecule has 39 heavy (non-hydrogen) atoms. The van der Waals surface area contributed by atoms with Crippen molar-refractivity contribution < 1.29 is 0 Å². The van der Waals surface area contributed by atoms with Crippen molar-refractivity contribution in [2.75, 3.05) is 5.32 Å². The standard InChI is InChI=1S/C38H35N/c1-38(2)36-6-4-3-5-33(36)34-18-14-28(23-37(34)38)27-10-9-25-11-17-32(22-30(25)21-27)39-31-15-12-26(13-16-31)35-20-24-7-8-29(35)19-24/h3-6,9-18,21-24,29,35,39H,7-8,19-20H2,1-2H3. The monoisotopic (exact) mass is 505 g/mol. The lowest BCUT2D eigenvalue weighted by Gasteiger charge is -2.22. The summed E-state index contributed by atoms with van der Waals surface area (Å²) in [7, 11) is 0. The number of fused-ring (bicyclic) bond motifs is 6. The maximum atomic E-state index is 3.66. The van der Waals surface area contributed by atoms with Gasteiger partial charge in [-0.1, -0.05) is 87.0 Å². The second-order valence-electron chi connectivity index (χ2n) is 12.7. The lowest BCUT2D eigenvalue weighted by atomic mass is 9.81. The largest absolute Gasteiger partial charge is 0.356 e. The molecule has 2 fully saturated rings. The minimum Gasteiger partial charge on any atom is -0.356 e. The Labute approximate surface area is 231 Å². The molecular weight excluding hydrogens is 470 g/mol. The third kappa shape index (κ3) is 3.74. The minimum absolute atomic E-state index is 0.0166. The summed E-state index contributed by atoms with van der Waals surface area (Å²) >= 11 is 0. The number of anilines is 2. The van der Waals surface area contributed by atoms with Crippen LogP contribution in [-0.4, -0.2) is 0 Å². The molecule has 0 aromatic heterocycles. The molecule has 192 valence electrons. The normalized spacial score (nSPS) is 22.2. The van der Waals surface area contributed by atoms with Gasteiger partial charge in [0, 0.05) is 16.8 Å². The lowest BCUT2D eigenvalue weighted by molar-refractivity contribution is 0.420. The van der Waals surface area contributed by atoms with E-state index in [-0.39, 0.29) is 5.41 Å². The molecule has 3 unspecified atom stereocenters. The molecule has 3 aliphatic carbocycles. The van der Waals surface area contributed by atoms with Crippen molar-refractivity contribution >= 4 is 22.1 Å². The van der Waals surface area contributed by atoms with Crippen LogP contribution in [0, 0.1) is 11.8 Å². The fourth-order valence-corrected chi connectivity index (χ4v) is 8.02. The Morgan fingerprint density at radius 2 is 1.36 bits per heavy atom. The zero-order chi connectivity index (χ0) is 26.1. The van der Waals surface area contributed by atoms with Crippen molar-refractivity contribution in [2.24, 2.45) is 11.8 Å². The summed E-state index contributed by atoms with van der Waals surface area (Å²) in [5.74, 6) is 2.70. The molecule has 2 bridgehead atoms. The first-order valence-electron chi connectivity index (χ1n) is 14.7. The highest BCUT2D eigenvalue weighted by atomic mass is 14.9. The molecule has 1 nitrogen and oxygen atoms in total. The number of benzene rings is 5. The van der Waals surface area contributed by atoms with Gasteiger partial charge in [-0.05, 0) is 123 Å². The minimum atomic E-state index is 0.0166. The molecule has 3 atom stereocenters. The van der Waals surface area contributed by atoms with Gasteiger partial charge in [-0.2, -0.15) is 0 Å². The maximum absolute atomic E-state index is 3.66. The van der Waals surface area contributed by atoms with Crippen molar-refractivity contribution in [3.63, 3.8) is 0 Å². The van der Waals surface area contributed by atoms with Gasteiger partial charge in [0.1, 0.15) is 0 Å². The van der Waals surface area contributed by atoms with Crippen LogP contribution < -0.4 is 5.32 Å². The van der Waals surface area contributed by atoms with Crippen LogP contribution in [0.15, 0.2) is 103 Å². The molecule has 5 aromatic rings. The van der Waals surface area contributed by atoms with Crippen LogP contribution in [0.3, 0.4) is 0 Å². The summed E-state index contributed by atoms with van der Waals surface area (Å²) in [5, 5.41) is 6.19. The van der Waals surface area contributed by atoms with E-state index >= 15 is 0 Å². The predicted molar refractivity (Wildman–Crippen MR) is 165 cm³/mol. The Morgan fingerprint density at radius 3 is 2.18 bits per heavy atom. The van der Waals surface area contributed by atoms with E-state index in [4.69, 9.17) is 0 Å². The summed E-state index contributed by atoms with van der Waals surface area (Å²) in [4.78, 5) is 0. The molecule has 3 aliphatic rings. The summed E-state index contributed by atoms with van der Waals surface area (Å²) < 4.78 is 0. The summed E-state index contributed by atoms with van der Waals surface area (Å²) in [5.41, 5.74) is 12.0. The Morgan fingerprint density at radius 1 is 0.615 bits per heavy atom. The van der Waals surface area contributed by atoms with Crippen LogP contribution in [0.4, 0.5) is 11.4 Å². The SMILES string of the molecule is CC1(C)c2ccccc2-c2ccc(-c3ccc4ccc(Nc5ccc(C6CC7CCC6C7)cc5)cc4c3)cc21. The van der Waals surface area contributed by atoms with Crippen molar-refractivity contribution in [1.82, 2.24) is 0 Å². The molecule has 0 heterocycles. The van der Waals surface area contributed by atoms with Crippen molar-refractivity contribution in [3.8, 4) is 22.3 Å². The van der Waals surface area contributed by atoms with E-state index in [0.717, 1.165) is 29.1 Å². The predicted octanol–water partition coefficient (Wildman–Crippen LogP) is 10.5. The first-order chi connectivity index (χ1) is 19.0. The summed E-state index contributed by atoms with van der Waals surface area (Å²) in [6, 6.07) is 38.7. The zero-order valence-corrected chi connectivity index (χ0v) is 22.9. The summed E-state index contributed by atoms with van der Waals surface area (Å²) in [6.07, 6.45) is 5.76. The molecule has 0 amide bonds. The fraction of sp³-hybridized carbons (Fsp3) is 0.263. The average molecular weight is 506 g/mol. The Kier molecular flexibility index (Phi) is 5.08. The van der Waals surface area contributed by atoms with Crippen molar-refractivity contribution in [2.45, 2.75) is 50.9 Å². The second-order valence-corrected chi connectivity index (χ2v) is 12.7. The number of hydrogen-bond donors (Lipinski definition) is 1. The van der Waals surface area contributed by atoms with Gasteiger partial charge in [-0.3, -0.25) is 0 Å². The number of nitrogens with one attached hydrogen (secondary N) is 1. The Hall–Kier alpha value is -3.84. The van der Waals surface area contributed by atoms with Gasteiger partial charge in [0.05, 0.1) is 0 Å². The van der Waals surface area contributed by atoms with E-state index in [1.807, 2.05) is 0 Å². The van der Waals surface area contributed by atoms with Gasteiger partial charge >= 0.3 is 0 Å². The number of rotatable bonds is 4.